The molecule has 0 N–H and O–H groups in total. The molecule has 0 fully saturated rings. The molecule has 29 heavy (non-hydrogen) atoms. The van der Waals surface area contributed by atoms with Gasteiger partial charge in [-0.1, -0.05) is 6.07 Å². The molecule has 4 rings (SSSR count). The van der Waals surface area contributed by atoms with E-state index in [2.05, 4.69) is 33.1 Å². The van der Waals surface area contributed by atoms with E-state index in [1.54, 1.807) is 25.7 Å². The van der Waals surface area contributed by atoms with Gasteiger partial charge in [0.15, 0.2) is 6.79 Å². The Labute approximate surface area is 169 Å². The van der Waals surface area contributed by atoms with E-state index < -0.39 is 0 Å². The van der Waals surface area contributed by atoms with E-state index in [0.717, 1.165) is 30.2 Å². The molecule has 0 amide bonds. The lowest BCUT2D eigenvalue weighted by Crippen LogP contribution is -2.15. The van der Waals surface area contributed by atoms with Crippen molar-refractivity contribution in [1.82, 2.24) is 9.97 Å². The highest BCUT2D eigenvalue weighted by Gasteiger charge is 2.21. The summed E-state index contributed by atoms with van der Waals surface area (Å²) >= 11 is 0. The van der Waals surface area contributed by atoms with Crippen LogP contribution in [0.4, 0.5) is 5.69 Å². The third-order valence-corrected chi connectivity index (χ3v) is 4.69. The van der Waals surface area contributed by atoms with Crippen molar-refractivity contribution in [3.8, 4) is 17.6 Å². The van der Waals surface area contributed by atoms with E-state index in [0.29, 0.717) is 17.9 Å². The third-order valence-electron chi connectivity index (χ3n) is 4.69. The minimum Gasteiger partial charge on any atom is -0.487 e. The number of hydrogen-bond acceptors (Lipinski definition) is 7. The number of nitrogens with zero attached hydrogens (tertiary/aromatic N) is 4. The smallest absolute Gasteiger partial charge is 0.188 e. The second kappa shape index (κ2) is 8.59. The first-order valence-electron chi connectivity index (χ1n) is 9.17. The molecule has 0 aliphatic carbocycles. The predicted octanol–water partition coefficient (Wildman–Crippen LogP) is 3.43. The summed E-state index contributed by atoms with van der Waals surface area (Å²) in [6, 6.07) is 13.9. The molecular formula is C22H20N4O3. The quantitative estimate of drug-likeness (QED) is 0.574. The number of pyridine rings is 2. The molecule has 7 nitrogen and oxygen atoms in total. The number of fused-ring (bicyclic) bond motifs is 1. The molecule has 0 atom stereocenters. The molecule has 2 aromatic heterocycles. The maximum atomic E-state index is 9.32. The Morgan fingerprint density at radius 1 is 1.03 bits per heavy atom. The Morgan fingerprint density at radius 2 is 1.90 bits per heavy atom. The monoisotopic (exact) mass is 388 g/mol. The van der Waals surface area contributed by atoms with Crippen LogP contribution < -0.4 is 14.4 Å². The molecule has 7 heteroatoms. The van der Waals surface area contributed by atoms with Crippen molar-refractivity contribution in [2.24, 2.45) is 0 Å². The number of methoxy groups -OCH3 is 1. The number of hydrogen-bond donors (Lipinski definition) is 0. The topological polar surface area (TPSA) is 80.5 Å². The van der Waals surface area contributed by atoms with Crippen LogP contribution >= 0.6 is 0 Å². The lowest BCUT2D eigenvalue weighted by atomic mass is 10.1. The van der Waals surface area contributed by atoms with E-state index >= 15 is 0 Å². The number of nitriles is 1. The number of ether oxygens (including phenoxy) is 3. The van der Waals surface area contributed by atoms with Crippen LogP contribution in [0.15, 0.2) is 55.0 Å². The Balaban J connectivity index is 1.40. The van der Waals surface area contributed by atoms with Crippen LogP contribution in [-0.2, 0) is 24.4 Å². The average Bonchev–Trinajstić information content (AvgIpc) is 3.20. The fourth-order valence-electron chi connectivity index (χ4n) is 3.25. The first-order valence-corrected chi connectivity index (χ1v) is 9.17. The third kappa shape index (κ3) is 4.28. The highest BCUT2D eigenvalue weighted by Crippen LogP contribution is 2.32. The van der Waals surface area contributed by atoms with Crippen molar-refractivity contribution < 1.29 is 14.2 Å². The zero-order chi connectivity index (χ0) is 20.1. The average molecular weight is 388 g/mol. The van der Waals surface area contributed by atoms with Crippen molar-refractivity contribution >= 4 is 5.69 Å². The van der Waals surface area contributed by atoms with Gasteiger partial charge in [-0.2, -0.15) is 5.26 Å². The van der Waals surface area contributed by atoms with Gasteiger partial charge in [-0.25, -0.2) is 0 Å². The van der Waals surface area contributed by atoms with Gasteiger partial charge in [-0.3, -0.25) is 9.97 Å². The van der Waals surface area contributed by atoms with Gasteiger partial charge >= 0.3 is 0 Å². The Kier molecular flexibility index (Phi) is 5.54. The van der Waals surface area contributed by atoms with Crippen molar-refractivity contribution in [3.05, 3.63) is 77.4 Å². The zero-order valence-electron chi connectivity index (χ0n) is 16.0. The minimum absolute atomic E-state index is 0.193. The van der Waals surface area contributed by atoms with Crippen LogP contribution in [0.1, 0.15) is 22.4 Å². The Bertz CT molecular complexity index is 1030. The normalized spacial score (nSPS) is 12.3. The molecule has 3 heterocycles. The van der Waals surface area contributed by atoms with Crippen LogP contribution in [0.5, 0.6) is 11.5 Å². The summed E-state index contributed by atoms with van der Waals surface area (Å²) < 4.78 is 16.1. The Morgan fingerprint density at radius 3 is 2.69 bits per heavy atom. The van der Waals surface area contributed by atoms with E-state index in [1.165, 1.54) is 11.1 Å². The summed E-state index contributed by atoms with van der Waals surface area (Å²) in [5.41, 5.74) is 4.73. The number of anilines is 1. The number of benzene rings is 1. The van der Waals surface area contributed by atoms with Gasteiger partial charge in [0, 0.05) is 32.6 Å². The van der Waals surface area contributed by atoms with Gasteiger partial charge in [-0.05, 0) is 41.5 Å². The van der Waals surface area contributed by atoms with E-state index in [4.69, 9.17) is 14.2 Å². The largest absolute Gasteiger partial charge is 0.487 e. The van der Waals surface area contributed by atoms with Gasteiger partial charge in [0.25, 0.3) is 0 Å². The standard InChI is InChI=1S/C22H20N4O3/c1-27-15-29-21-5-3-19(25-11-21)14-28-20-4-2-16-12-26(13-17(16)8-20)22-6-7-24-10-18(22)9-23/h2-8,10-11H,12-15H2,1H3. The second-order valence-corrected chi connectivity index (χ2v) is 6.62. The highest BCUT2D eigenvalue weighted by atomic mass is 16.7. The molecule has 0 spiro atoms. The van der Waals surface area contributed by atoms with Crippen LogP contribution in [0.3, 0.4) is 0 Å². The van der Waals surface area contributed by atoms with Gasteiger partial charge in [0.2, 0.25) is 0 Å². The predicted molar refractivity (Wildman–Crippen MR) is 106 cm³/mol. The SMILES string of the molecule is COCOc1ccc(COc2ccc3c(c2)CN(c2ccncc2C#N)C3)nc1. The molecule has 3 aromatic rings. The van der Waals surface area contributed by atoms with Gasteiger partial charge in [0.1, 0.15) is 24.2 Å². The van der Waals surface area contributed by atoms with Crippen LogP contribution in [0, 0.1) is 11.3 Å². The van der Waals surface area contributed by atoms with E-state index in [9.17, 15) is 5.26 Å². The number of aromatic nitrogens is 2. The summed E-state index contributed by atoms with van der Waals surface area (Å²) in [4.78, 5) is 10.6. The lowest BCUT2D eigenvalue weighted by molar-refractivity contribution is 0.0508. The molecule has 1 aliphatic heterocycles. The van der Waals surface area contributed by atoms with Crippen LogP contribution in [0.2, 0.25) is 0 Å². The fraction of sp³-hybridized carbons (Fsp3) is 0.227. The molecular weight excluding hydrogens is 368 g/mol. The molecule has 0 saturated carbocycles. The molecule has 0 unspecified atom stereocenters. The van der Waals surface area contributed by atoms with Crippen molar-refractivity contribution in [2.45, 2.75) is 19.7 Å². The zero-order valence-corrected chi connectivity index (χ0v) is 16.0. The second-order valence-electron chi connectivity index (χ2n) is 6.62. The summed E-state index contributed by atoms with van der Waals surface area (Å²) in [5.74, 6) is 1.45. The summed E-state index contributed by atoms with van der Waals surface area (Å²) in [6.45, 7) is 2.06. The van der Waals surface area contributed by atoms with Crippen molar-refractivity contribution in [2.75, 3.05) is 18.8 Å². The van der Waals surface area contributed by atoms with Crippen LogP contribution in [0.25, 0.3) is 0 Å². The first-order chi connectivity index (χ1) is 14.3. The number of rotatable bonds is 7. The summed E-state index contributed by atoms with van der Waals surface area (Å²) in [5, 5.41) is 9.32. The van der Waals surface area contributed by atoms with Gasteiger partial charge < -0.3 is 19.1 Å². The van der Waals surface area contributed by atoms with Crippen molar-refractivity contribution in [3.63, 3.8) is 0 Å². The fourth-order valence-corrected chi connectivity index (χ4v) is 3.25. The van der Waals surface area contributed by atoms with Gasteiger partial charge in [-0.15, -0.1) is 0 Å². The lowest BCUT2D eigenvalue weighted by Gasteiger charge is -2.18. The molecule has 0 bridgehead atoms. The van der Waals surface area contributed by atoms with E-state index in [-0.39, 0.29) is 6.79 Å². The first kappa shape index (κ1) is 18.7. The van der Waals surface area contributed by atoms with Gasteiger partial charge in [0.05, 0.1) is 23.1 Å². The maximum Gasteiger partial charge on any atom is 0.188 e. The molecule has 146 valence electrons. The molecule has 1 aromatic carbocycles. The molecule has 0 radical (unpaired) electrons. The molecule has 1 aliphatic rings. The maximum absolute atomic E-state index is 9.32. The highest BCUT2D eigenvalue weighted by molar-refractivity contribution is 5.60. The Hall–Kier alpha value is -3.63. The summed E-state index contributed by atoms with van der Waals surface area (Å²) in [7, 11) is 1.57. The van der Waals surface area contributed by atoms with Crippen molar-refractivity contribution in [1.29, 1.82) is 5.26 Å². The van der Waals surface area contributed by atoms with E-state index in [1.807, 2.05) is 24.3 Å². The molecule has 0 saturated heterocycles. The van der Waals surface area contributed by atoms with Crippen LogP contribution in [-0.4, -0.2) is 23.9 Å². The minimum atomic E-state index is 0.193. The summed E-state index contributed by atoms with van der Waals surface area (Å²) in [6.07, 6.45) is 4.97.